The molecule has 1 amide bonds. The van der Waals surface area contributed by atoms with Crippen LogP contribution in [0.2, 0.25) is 0 Å². The lowest BCUT2D eigenvalue weighted by Crippen LogP contribution is -2.36. The van der Waals surface area contributed by atoms with Crippen molar-refractivity contribution < 1.29 is 13.9 Å². The van der Waals surface area contributed by atoms with Gasteiger partial charge in [-0.15, -0.1) is 0 Å². The van der Waals surface area contributed by atoms with Gasteiger partial charge in [-0.05, 0) is 36.4 Å². The van der Waals surface area contributed by atoms with Crippen molar-refractivity contribution in [1.82, 2.24) is 14.9 Å². The van der Waals surface area contributed by atoms with Crippen molar-refractivity contribution in [2.75, 3.05) is 13.7 Å². The number of benzene rings is 2. The number of aromatic nitrogens is 2. The summed E-state index contributed by atoms with van der Waals surface area (Å²) in [6.45, 7) is 1.03. The molecule has 0 aliphatic carbocycles. The van der Waals surface area contributed by atoms with Gasteiger partial charge in [-0.3, -0.25) is 4.79 Å². The van der Waals surface area contributed by atoms with Gasteiger partial charge in [-0.25, -0.2) is 14.4 Å². The highest BCUT2D eigenvalue weighted by molar-refractivity contribution is 5.97. The number of carbonyl (C=O) groups is 1. The van der Waals surface area contributed by atoms with Crippen molar-refractivity contribution in [3.05, 3.63) is 77.4 Å². The minimum absolute atomic E-state index is 0.0688. The molecule has 5 nitrogen and oxygen atoms in total. The second-order valence-corrected chi connectivity index (χ2v) is 6.35. The van der Waals surface area contributed by atoms with E-state index in [2.05, 4.69) is 9.97 Å². The van der Waals surface area contributed by atoms with Crippen molar-refractivity contribution in [3.8, 4) is 17.1 Å². The number of nitrogens with zero attached hydrogens (tertiary/aromatic N) is 3. The summed E-state index contributed by atoms with van der Waals surface area (Å²) in [5.41, 5.74) is 3.17. The number of hydrogen-bond acceptors (Lipinski definition) is 4. The van der Waals surface area contributed by atoms with Crippen LogP contribution in [0.15, 0.2) is 54.7 Å². The van der Waals surface area contributed by atoms with Crippen LogP contribution in [0.25, 0.3) is 11.4 Å². The Morgan fingerprint density at radius 3 is 2.70 bits per heavy atom. The quantitative estimate of drug-likeness (QED) is 0.715. The number of para-hydroxylation sites is 1. The maximum absolute atomic E-state index is 13.1. The molecule has 0 spiro atoms. The summed E-state index contributed by atoms with van der Waals surface area (Å²) in [6, 6.07) is 13.3. The van der Waals surface area contributed by atoms with Crippen molar-refractivity contribution in [1.29, 1.82) is 0 Å². The Balaban J connectivity index is 1.57. The minimum Gasteiger partial charge on any atom is -0.496 e. The summed E-state index contributed by atoms with van der Waals surface area (Å²) in [5, 5.41) is 0. The molecule has 0 atom stereocenters. The third kappa shape index (κ3) is 3.38. The molecule has 1 aliphatic heterocycles. The van der Waals surface area contributed by atoms with Gasteiger partial charge < -0.3 is 9.64 Å². The Morgan fingerprint density at radius 2 is 1.93 bits per heavy atom. The summed E-state index contributed by atoms with van der Waals surface area (Å²) >= 11 is 0. The first-order valence-electron chi connectivity index (χ1n) is 8.69. The van der Waals surface area contributed by atoms with Crippen LogP contribution in [0.1, 0.15) is 21.6 Å². The molecule has 2 heterocycles. The third-order valence-corrected chi connectivity index (χ3v) is 4.66. The maximum Gasteiger partial charge on any atom is 0.257 e. The topological polar surface area (TPSA) is 55.3 Å². The number of halogens is 1. The van der Waals surface area contributed by atoms with Gasteiger partial charge in [0.25, 0.3) is 5.91 Å². The normalized spacial score (nSPS) is 13.2. The number of carbonyl (C=O) groups excluding carboxylic acids is 1. The SMILES string of the molecule is COc1ccccc1C(=O)N1CCc2nc(-c3ccc(F)cc3)ncc2C1. The van der Waals surface area contributed by atoms with Crippen LogP contribution in [0.4, 0.5) is 4.39 Å². The molecule has 27 heavy (non-hydrogen) atoms. The fraction of sp³-hybridized carbons (Fsp3) is 0.190. The Labute approximate surface area is 156 Å². The fourth-order valence-corrected chi connectivity index (χ4v) is 3.22. The van der Waals surface area contributed by atoms with Crippen molar-refractivity contribution in [2.24, 2.45) is 0 Å². The van der Waals surface area contributed by atoms with Crippen LogP contribution in [0.5, 0.6) is 5.75 Å². The molecule has 0 bridgehead atoms. The van der Waals surface area contributed by atoms with Gasteiger partial charge in [-0.2, -0.15) is 0 Å². The van der Waals surface area contributed by atoms with E-state index in [-0.39, 0.29) is 11.7 Å². The minimum atomic E-state index is -0.290. The summed E-state index contributed by atoms with van der Waals surface area (Å²) in [7, 11) is 1.56. The third-order valence-electron chi connectivity index (χ3n) is 4.66. The number of hydrogen-bond donors (Lipinski definition) is 0. The second kappa shape index (κ2) is 7.15. The molecule has 0 fully saturated rings. The second-order valence-electron chi connectivity index (χ2n) is 6.35. The van der Waals surface area contributed by atoms with Gasteiger partial charge in [0, 0.05) is 36.8 Å². The highest BCUT2D eigenvalue weighted by Gasteiger charge is 2.25. The number of fused-ring (bicyclic) bond motifs is 1. The van der Waals surface area contributed by atoms with E-state index in [9.17, 15) is 9.18 Å². The predicted octanol–water partition coefficient (Wildman–Crippen LogP) is 3.49. The van der Waals surface area contributed by atoms with Gasteiger partial charge in [0.2, 0.25) is 0 Å². The zero-order valence-electron chi connectivity index (χ0n) is 14.9. The van der Waals surface area contributed by atoms with E-state index in [0.717, 1.165) is 16.8 Å². The molecule has 1 aliphatic rings. The lowest BCUT2D eigenvalue weighted by atomic mass is 10.0. The first-order valence-corrected chi connectivity index (χ1v) is 8.69. The molecule has 0 saturated heterocycles. The van der Waals surface area contributed by atoms with Crippen molar-refractivity contribution in [2.45, 2.75) is 13.0 Å². The molecule has 0 saturated carbocycles. The molecule has 3 aromatic rings. The van der Waals surface area contributed by atoms with E-state index in [4.69, 9.17) is 4.74 Å². The van der Waals surface area contributed by atoms with Gasteiger partial charge in [-0.1, -0.05) is 12.1 Å². The van der Waals surface area contributed by atoms with E-state index in [0.29, 0.717) is 36.6 Å². The first-order chi connectivity index (χ1) is 13.2. The molecular weight excluding hydrogens is 345 g/mol. The van der Waals surface area contributed by atoms with Gasteiger partial charge >= 0.3 is 0 Å². The molecule has 1 aromatic heterocycles. The van der Waals surface area contributed by atoms with E-state index in [1.165, 1.54) is 12.1 Å². The molecule has 0 radical (unpaired) electrons. The smallest absolute Gasteiger partial charge is 0.257 e. The maximum atomic E-state index is 13.1. The average Bonchev–Trinajstić information content (AvgIpc) is 2.73. The van der Waals surface area contributed by atoms with Crippen LogP contribution in [-0.4, -0.2) is 34.4 Å². The van der Waals surface area contributed by atoms with Crippen LogP contribution < -0.4 is 4.74 Å². The number of amides is 1. The molecule has 4 rings (SSSR count). The standard InChI is InChI=1S/C21H18FN3O2/c1-27-19-5-3-2-4-17(19)21(26)25-11-10-18-15(13-25)12-23-20(24-18)14-6-8-16(22)9-7-14/h2-9,12H,10-11,13H2,1H3. The Morgan fingerprint density at radius 1 is 1.15 bits per heavy atom. The van der Waals surface area contributed by atoms with E-state index < -0.39 is 0 Å². The first kappa shape index (κ1) is 17.1. The number of rotatable bonds is 3. The van der Waals surface area contributed by atoms with E-state index >= 15 is 0 Å². The van der Waals surface area contributed by atoms with Crippen molar-refractivity contribution in [3.63, 3.8) is 0 Å². The molecule has 0 N–H and O–H groups in total. The highest BCUT2D eigenvalue weighted by Crippen LogP contribution is 2.25. The Hall–Kier alpha value is -3.28. The van der Waals surface area contributed by atoms with Crippen molar-refractivity contribution >= 4 is 5.91 Å². The molecular formula is C21H18FN3O2. The Bertz CT molecular complexity index is 989. The molecule has 2 aromatic carbocycles. The molecule has 6 heteroatoms. The summed E-state index contributed by atoms with van der Waals surface area (Å²) in [5.74, 6) is 0.775. The molecule has 136 valence electrons. The Kier molecular flexibility index (Phi) is 4.54. The number of ether oxygens (including phenoxy) is 1. The zero-order valence-corrected chi connectivity index (χ0v) is 14.9. The van der Waals surface area contributed by atoms with Crippen LogP contribution in [-0.2, 0) is 13.0 Å². The van der Waals surface area contributed by atoms with Crippen LogP contribution in [0, 0.1) is 5.82 Å². The average molecular weight is 363 g/mol. The summed E-state index contributed by atoms with van der Waals surface area (Å²) in [4.78, 5) is 23.7. The number of methoxy groups -OCH3 is 1. The van der Waals surface area contributed by atoms with Gasteiger partial charge in [0.15, 0.2) is 5.82 Å². The molecule has 0 unspecified atom stereocenters. The van der Waals surface area contributed by atoms with E-state index in [1.54, 1.807) is 42.5 Å². The largest absolute Gasteiger partial charge is 0.496 e. The lowest BCUT2D eigenvalue weighted by Gasteiger charge is -2.28. The fourth-order valence-electron chi connectivity index (χ4n) is 3.22. The summed E-state index contributed by atoms with van der Waals surface area (Å²) < 4.78 is 18.4. The van der Waals surface area contributed by atoms with Gasteiger partial charge in [0.1, 0.15) is 11.6 Å². The predicted molar refractivity (Wildman–Crippen MR) is 98.9 cm³/mol. The monoisotopic (exact) mass is 363 g/mol. The van der Waals surface area contributed by atoms with Gasteiger partial charge in [0.05, 0.1) is 18.4 Å². The highest BCUT2D eigenvalue weighted by atomic mass is 19.1. The lowest BCUT2D eigenvalue weighted by molar-refractivity contribution is 0.0730. The zero-order chi connectivity index (χ0) is 18.8. The summed E-state index contributed by atoms with van der Waals surface area (Å²) in [6.07, 6.45) is 2.40. The van der Waals surface area contributed by atoms with E-state index in [1.807, 2.05) is 12.1 Å². The van der Waals surface area contributed by atoms with Crippen LogP contribution in [0.3, 0.4) is 0 Å². The van der Waals surface area contributed by atoms with Crippen LogP contribution >= 0.6 is 0 Å².